The fourth-order valence-corrected chi connectivity index (χ4v) is 5.62. The van der Waals surface area contributed by atoms with Gasteiger partial charge in [0.05, 0.1) is 26.2 Å². The molecule has 3 fully saturated rings. The fourth-order valence-electron chi connectivity index (χ4n) is 5.62. The molecule has 1 spiro atoms. The van der Waals surface area contributed by atoms with Gasteiger partial charge >= 0.3 is 5.97 Å². The van der Waals surface area contributed by atoms with E-state index in [1.165, 1.54) is 7.11 Å². The van der Waals surface area contributed by atoms with E-state index in [-0.39, 0.29) is 42.8 Å². The molecule has 10 nitrogen and oxygen atoms in total. The zero-order chi connectivity index (χ0) is 26.6. The van der Waals surface area contributed by atoms with Gasteiger partial charge in [-0.25, -0.2) is 0 Å². The molecule has 0 N–H and O–H groups in total. The van der Waals surface area contributed by atoms with Crippen LogP contribution < -0.4 is 4.74 Å². The average molecular weight is 516 g/mol. The van der Waals surface area contributed by atoms with Crippen LogP contribution in [0.25, 0.3) is 0 Å². The second kappa shape index (κ2) is 11.5. The van der Waals surface area contributed by atoms with Crippen molar-refractivity contribution in [3.8, 4) is 5.75 Å². The van der Waals surface area contributed by atoms with Crippen molar-refractivity contribution in [1.29, 1.82) is 0 Å². The zero-order valence-electron chi connectivity index (χ0n) is 21.9. The number of rotatable bonds is 6. The Morgan fingerprint density at radius 3 is 2.51 bits per heavy atom. The molecule has 3 saturated heterocycles. The molecule has 3 aliphatic rings. The molecule has 4 rings (SSSR count). The van der Waals surface area contributed by atoms with Gasteiger partial charge in [-0.1, -0.05) is 13.0 Å². The molecule has 1 aromatic carbocycles. The van der Waals surface area contributed by atoms with Crippen LogP contribution in [0.5, 0.6) is 5.75 Å². The molecule has 1 aromatic rings. The van der Waals surface area contributed by atoms with Crippen LogP contribution >= 0.6 is 0 Å². The van der Waals surface area contributed by atoms with Crippen LogP contribution in [0, 0.1) is 5.92 Å². The Morgan fingerprint density at radius 1 is 1.08 bits per heavy atom. The van der Waals surface area contributed by atoms with Crippen LogP contribution in [0.15, 0.2) is 24.3 Å². The second-order valence-electron chi connectivity index (χ2n) is 9.79. The van der Waals surface area contributed by atoms with Crippen LogP contribution in [-0.4, -0.2) is 96.7 Å². The summed E-state index contributed by atoms with van der Waals surface area (Å²) in [5.41, 5.74) is -0.585. The van der Waals surface area contributed by atoms with Crippen molar-refractivity contribution in [3.05, 3.63) is 29.8 Å². The third kappa shape index (κ3) is 5.44. The van der Waals surface area contributed by atoms with Crippen molar-refractivity contribution in [2.24, 2.45) is 5.92 Å². The SMILES string of the molecule is CCOC(=O)C1CCCN(C(=O)C2COC3(CCN(C(=O)CC)CC3)N2C(=O)c2cccc(OC)c2)C1. The van der Waals surface area contributed by atoms with E-state index in [0.29, 0.717) is 69.7 Å². The number of ether oxygens (including phenoxy) is 3. The lowest BCUT2D eigenvalue weighted by Gasteiger charge is -2.45. The summed E-state index contributed by atoms with van der Waals surface area (Å²) in [6.07, 6.45) is 2.61. The molecule has 2 atom stereocenters. The molecule has 3 aliphatic heterocycles. The minimum Gasteiger partial charge on any atom is -0.497 e. The molecule has 3 heterocycles. The van der Waals surface area contributed by atoms with E-state index in [1.807, 2.05) is 6.92 Å². The Balaban J connectivity index is 1.60. The van der Waals surface area contributed by atoms with Gasteiger partial charge in [-0.15, -0.1) is 0 Å². The summed E-state index contributed by atoms with van der Waals surface area (Å²) in [6, 6.07) is 6.03. The highest BCUT2D eigenvalue weighted by Gasteiger charge is 2.55. The first kappa shape index (κ1) is 26.9. The van der Waals surface area contributed by atoms with E-state index in [2.05, 4.69) is 0 Å². The third-order valence-electron chi connectivity index (χ3n) is 7.63. The number of likely N-dealkylation sites (tertiary alicyclic amines) is 2. The van der Waals surface area contributed by atoms with E-state index in [0.717, 1.165) is 0 Å². The van der Waals surface area contributed by atoms with Gasteiger partial charge in [0.1, 0.15) is 17.5 Å². The highest BCUT2D eigenvalue weighted by molar-refractivity contribution is 5.99. The smallest absolute Gasteiger partial charge is 0.310 e. The Labute approximate surface area is 217 Å². The molecule has 0 bridgehead atoms. The maximum Gasteiger partial charge on any atom is 0.310 e. The Kier molecular flexibility index (Phi) is 8.36. The first-order valence-corrected chi connectivity index (χ1v) is 13.2. The van der Waals surface area contributed by atoms with Gasteiger partial charge < -0.3 is 24.0 Å². The second-order valence-corrected chi connectivity index (χ2v) is 9.79. The highest BCUT2D eigenvalue weighted by Crippen LogP contribution is 2.39. The summed E-state index contributed by atoms with van der Waals surface area (Å²) < 4.78 is 16.8. The molecule has 0 aliphatic carbocycles. The topological polar surface area (TPSA) is 106 Å². The number of methoxy groups -OCH3 is 1. The number of carbonyl (C=O) groups excluding carboxylic acids is 4. The van der Waals surface area contributed by atoms with E-state index in [9.17, 15) is 19.2 Å². The Hall–Kier alpha value is -3.14. The number of piperidine rings is 2. The number of hydrogen-bond acceptors (Lipinski definition) is 7. The standard InChI is InChI=1S/C27H37N3O7/c1-4-23(31)28-14-11-27(12-15-28)30(24(32)19-8-6-10-21(16-19)35-3)22(18-37-27)25(33)29-13-7-9-20(17-29)26(34)36-5-2/h6,8,10,16,20,22H,4-5,7,9,11-15,17-18H2,1-3H3. The van der Waals surface area contributed by atoms with Crippen molar-refractivity contribution >= 4 is 23.7 Å². The van der Waals surface area contributed by atoms with Gasteiger partial charge in [-0.2, -0.15) is 0 Å². The van der Waals surface area contributed by atoms with E-state index >= 15 is 0 Å². The molecule has 0 aromatic heterocycles. The number of amides is 3. The van der Waals surface area contributed by atoms with Crippen molar-refractivity contribution < 1.29 is 33.4 Å². The number of carbonyl (C=O) groups is 4. The molecule has 10 heteroatoms. The van der Waals surface area contributed by atoms with Crippen LogP contribution in [0.2, 0.25) is 0 Å². The van der Waals surface area contributed by atoms with Gasteiger partial charge in [-0.3, -0.25) is 24.1 Å². The first-order valence-electron chi connectivity index (χ1n) is 13.2. The van der Waals surface area contributed by atoms with Crippen LogP contribution in [0.1, 0.15) is 56.3 Å². The van der Waals surface area contributed by atoms with Crippen LogP contribution in [0.4, 0.5) is 0 Å². The van der Waals surface area contributed by atoms with Crippen molar-refractivity contribution in [1.82, 2.24) is 14.7 Å². The first-order chi connectivity index (χ1) is 17.8. The lowest BCUT2D eigenvalue weighted by Crippen LogP contribution is -2.60. The maximum absolute atomic E-state index is 14.0. The lowest BCUT2D eigenvalue weighted by molar-refractivity contribution is -0.153. The highest BCUT2D eigenvalue weighted by atomic mass is 16.5. The monoisotopic (exact) mass is 515 g/mol. The zero-order valence-corrected chi connectivity index (χ0v) is 21.9. The molecule has 37 heavy (non-hydrogen) atoms. The Morgan fingerprint density at radius 2 is 1.84 bits per heavy atom. The number of nitrogens with zero attached hydrogens (tertiary/aromatic N) is 3. The summed E-state index contributed by atoms with van der Waals surface area (Å²) in [5.74, 6) is -0.613. The predicted molar refractivity (Wildman–Crippen MR) is 134 cm³/mol. The lowest BCUT2D eigenvalue weighted by atomic mass is 9.95. The molecule has 202 valence electrons. The minimum atomic E-state index is -0.985. The average Bonchev–Trinajstić information content (AvgIpc) is 3.30. The molecule has 0 radical (unpaired) electrons. The normalized spacial score (nSPS) is 23.2. The minimum absolute atomic E-state index is 0.0597. The summed E-state index contributed by atoms with van der Waals surface area (Å²) in [4.78, 5) is 57.5. The van der Waals surface area contributed by atoms with Crippen molar-refractivity contribution in [2.75, 3.05) is 46.5 Å². The van der Waals surface area contributed by atoms with Gasteiger partial charge in [0.2, 0.25) is 11.8 Å². The number of esters is 1. The summed E-state index contributed by atoms with van der Waals surface area (Å²) in [7, 11) is 1.53. The van der Waals surface area contributed by atoms with E-state index < -0.39 is 11.8 Å². The van der Waals surface area contributed by atoms with Gasteiger partial charge in [-0.05, 0) is 38.0 Å². The molecular weight excluding hydrogens is 478 g/mol. The number of benzene rings is 1. The molecule has 0 saturated carbocycles. The molecule has 2 unspecified atom stereocenters. The summed E-state index contributed by atoms with van der Waals surface area (Å²) in [5, 5.41) is 0. The van der Waals surface area contributed by atoms with Crippen molar-refractivity contribution in [2.45, 2.75) is 57.7 Å². The molecular formula is C27H37N3O7. The summed E-state index contributed by atoms with van der Waals surface area (Å²) in [6.45, 7) is 5.63. The van der Waals surface area contributed by atoms with Gasteiger partial charge in [0.25, 0.3) is 5.91 Å². The van der Waals surface area contributed by atoms with Crippen molar-refractivity contribution in [3.63, 3.8) is 0 Å². The summed E-state index contributed by atoms with van der Waals surface area (Å²) >= 11 is 0. The van der Waals surface area contributed by atoms with Gasteiger partial charge in [0, 0.05) is 51.0 Å². The maximum atomic E-state index is 14.0. The van der Waals surface area contributed by atoms with E-state index in [4.69, 9.17) is 14.2 Å². The fraction of sp³-hybridized carbons (Fsp3) is 0.630. The third-order valence-corrected chi connectivity index (χ3v) is 7.63. The quantitative estimate of drug-likeness (QED) is 0.534. The van der Waals surface area contributed by atoms with Crippen LogP contribution in [0.3, 0.4) is 0 Å². The van der Waals surface area contributed by atoms with Gasteiger partial charge in [0.15, 0.2) is 0 Å². The predicted octanol–water partition coefficient (Wildman–Crippen LogP) is 2.07. The van der Waals surface area contributed by atoms with E-state index in [1.54, 1.807) is 45.9 Å². The number of hydrogen-bond donors (Lipinski definition) is 0. The largest absolute Gasteiger partial charge is 0.497 e. The molecule has 3 amide bonds. The Bertz CT molecular complexity index is 1020. The van der Waals surface area contributed by atoms with Crippen LogP contribution in [-0.2, 0) is 23.9 Å².